The molecule has 0 bridgehead atoms. The van der Waals surface area contributed by atoms with Crippen molar-refractivity contribution < 1.29 is 9.32 Å². The molecule has 1 fully saturated rings. The van der Waals surface area contributed by atoms with Crippen molar-refractivity contribution in [1.82, 2.24) is 15.4 Å². The van der Waals surface area contributed by atoms with E-state index in [0.29, 0.717) is 5.56 Å². The Labute approximate surface area is 88.4 Å². The van der Waals surface area contributed by atoms with Crippen LogP contribution < -0.4 is 5.32 Å². The molecule has 0 saturated carbocycles. The molecule has 1 unspecified atom stereocenters. The molecule has 1 aliphatic rings. The van der Waals surface area contributed by atoms with E-state index in [1.165, 1.54) is 11.2 Å². The first-order chi connectivity index (χ1) is 7.20. The van der Waals surface area contributed by atoms with Crippen molar-refractivity contribution in [3.63, 3.8) is 0 Å². The highest BCUT2D eigenvalue weighted by Gasteiger charge is 2.26. The molecule has 0 aliphatic carbocycles. The summed E-state index contributed by atoms with van der Waals surface area (Å²) < 4.78 is 4.89. The Morgan fingerprint density at radius 1 is 1.67 bits per heavy atom. The van der Waals surface area contributed by atoms with Gasteiger partial charge in [-0.2, -0.15) is 0 Å². The Morgan fingerprint density at radius 2 is 2.47 bits per heavy atom. The van der Waals surface area contributed by atoms with Gasteiger partial charge in [0.05, 0.1) is 6.04 Å². The molecular weight excluding hydrogens is 194 g/mol. The number of carbonyl (C=O) groups is 1. The average molecular weight is 209 g/mol. The highest BCUT2D eigenvalue weighted by molar-refractivity contribution is 5.94. The van der Waals surface area contributed by atoms with Crippen LogP contribution in [0.5, 0.6) is 0 Å². The number of hydrogen-bond donors (Lipinski definition) is 1. The van der Waals surface area contributed by atoms with Crippen molar-refractivity contribution in [2.24, 2.45) is 0 Å². The van der Waals surface area contributed by atoms with E-state index in [1.54, 1.807) is 14.1 Å². The zero-order valence-electron chi connectivity index (χ0n) is 8.99. The van der Waals surface area contributed by atoms with Gasteiger partial charge in [-0.3, -0.25) is 4.79 Å². The second-order valence-corrected chi connectivity index (χ2v) is 3.96. The minimum Gasteiger partial charge on any atom is -0.364 e. The van der Waals surface area contributed by atoms with Crippen LogP contribution in [0.3, 0.4) is 0 Å². The number of amides is 1. The summed E-state index contributed by atoms with van der Waals surface area (Å²) in [4.78, 5) is 13.3. The molecule has 1 saturated heterocycles. The highest BCUT2D eigenvalue weighted by atomic mass is 16.5. The van der Waals surface area contributed by atoms with Crippen LogP contribution in [0.25, 0.3) is 0 Å². The van der Waals surface area contributed by atoms with Crippen molar-refractivity contribution in [2.75, 3.05) is 20.6 Å². The minimum atomic E-state index is -0.0556. The molecule has 82 valence electrons. The summed E-state index contributed by atoms with van der Waals surface area (Å²) in [7, 11) is 3.45. The Bertz CT molecular complexity index is 353. The van der Waals surface area contributed by atoms with Crippen molar-refractivity contribution in [2.45, 2.75) is 18.9 Å². The quantitative estimate of drug-likeness (QED) is 0.782. The predicted molar refractivity (Wildman–Crippen MR) is 54.5 cm³/mol. The lowest BCUT2D eigenvalue weighted by atomic mass is 10.1. The molecule has 1 aromatic heterocycles. The smallest absolute Gasteiger partial charge is 0.258 e. The number of hydrogen-bond acceptors (Lipinski definition) is 4. The van der Waals surface area contributed by atoms with E-state index in [2.05, 4.69) is 10.5 Å². The predicted octanol–water partition coefficient (Wildman–Crippen LogP) is 0.801. The second kappa shape index (κ2) is 4.02. The number of nitrogens with zero attached hydrogens (tertiary/aromatic N) is 2. The average Bonchev–Trinajstić information content (AvgIpc) is 2.86. The number of nitrogens with one attached hydrogen (secondary N) is 1. The maximum atomic E-state index is 11.8. The Morgan fingerprint density at radius 3 is 3.07 bits per heavy atom. The van der Waals surface area contributed by atoms with Gasteiger partial charge in [-0.05, 0) is 19.4 Å². The lowest BCUT2D eigenvalue weighted by Gasteiger charge is -2.12. The van der Waals surface area contributed by atoms with Crippen molar-refractivity contribution >= 4 is 5.91 Å². The van der Waals surface area contributed by atoms with Gasteiger partial charge in [0.25, 0.3) is 5.91 Å². The third-order valence-corrected chi connectivity index (χ3v) is 2.62. The molecule has 2 rings (SSSR count). The third kappa shape index (κ3) is 1.87. The summed E-state index contributed by atoms with van der Waals surface area (Å²) in [5.41, 5.74) is 1.31. The fourth-order valence-electron chi connectivity index (χ4n) is 1.82. The van der Waals surface area contributed by atoms with Gasteiger partial charge in [0, 0.05) is 14.1 Å². The molecule has 1 N–H and O–H groups in total. The van der Waals surface area contributed by atoms with E-state index in [-0.39, 0.29) is 11.9 Å². The topological polar surface area (TPSA) is 58.4 Å². The van der Waals surface area contributed by atoms with Gasteiger partial charge in [0.15, 0.2) is 0 Å². The van der Waals surface area contributed by atoms with E-state index < -0.39 is 0 Å². The largest absolute Gasteiger partial charge is 0.364 e. The van der Waals surface area contributed by atoms with Crippen LogP contribution in [0.4, 0.5) is 0 Å². The first kappa shape index (κ1) is 10.2. The molecule has 15 heavy (non-hydrogen) atoms. The van der Waals surface area contributed by atoms with Gasteiger partial charge >= 0.3 is 0 Å². The van der Waals surface area contributed by atoms with Crippen LogP contribution in [0.1, 0.15) is 34.9 Å². The Balaban J connectivity index is 2.25. The first-order valence-corrected chi connectivity index (χ1v) is 5.09. The van der Waals surface area contributed by atoms with Crippen LogP contribution in [0.2, 0.25) is 0 Å². The molecule has 1 amide bonds. The fraction of sp³-hybridized carbons (Fsp3) is 0.600. The van der Waals surface area contributed by atoms with Gasteiger partial charge in [-0.1, -0.05) is 5.16 Å². The zero-order valence-corrected chi connectivity index (χ0v) is 8.99. The maximum absolute atomic E-state index is 11.8. The fourth-order valence-corrected chi connectivity index (χ4v) is 1.82. The number of rotatable bonds is 2. The Hall–Kier alpha value is -1.36. The van der Waals surface area contributed by atoms with Gasteiger partial charge in [-0.25, -0.2) is 0 Å². The molecular formula is C10H15N3O2. The molecule has 0 radical (unpaired) electrons. The van der Waals surface area contributed by atoms with E-state index in [0.717, 1.165) is 25.1 Å². The zero-order chi connectivity index (χ0) is 10.8. The lowest BCUT2D eigenvalue weighted by Crippen LogP contribution is -2.24. The SMILES string of the molecule is CN(C)C(=O)c1conc1C1CCCN1. The van der Waals surface area contributed by atoms with E-state index >= 15 is 0 Å². The summed E-state index contributed by atoms with van der Waals surface area (Å²) in [6.45, 7) is 0.979. The van der Waals surface area contributed by atoms with Crippen LogP contribution in [-0.4, -0.2) is 36.6 Å². The normalized spacial score (nSPS) is 20.5. The van der Waals surface area contributed by atoms with Crippen molar-refractivity contribution in [3.05, 3.63) is 17.5 Å². The first-order valence-electron chi connectivity index (χ1n) is 5.09. The van der Waals surface area contributed by atoms with Crippen molar-refractivity contribution in [3.8, 4) is 0 Å². The molecule has 0 aromatic carbocycles. The van der Waals surface area contributed by atoms with Gasteiger partial charge in [-0.15, -0.1) is 0 Å². The van der Waals surface area contributed by atoms with E-state index in [9.17, 15) is 4.79 Å². The van der Waals surface area contributed by atoms with Crippen LogP contribution in [0, 0.1) is 0 Å². The molecule has 5 heteroatoms. The monoisotopic (exact) mass is 209 g/mol. The van der Waals surface area contributed by atoms with Gasteiger partial charge in [0.2, 0.25) is 0 Å². The van der Waals surface area contributed by atoms with Crippen molar-refractivity contribution in [1.29, 1.82) is 0 Å². The van der Waals surface area contributed by atoms with E-state index in [4.69, 9.17) is 4.52 Å². The molecule has 5 nitrogen and oxygen atoms in total. The highest BCUT2D eigenvalue weighted by Crippen LogP contribution is 2.25. The minimum absolute atomic E-state index is 0.0556. The summed E-state index contributed by atoms with van der Waals surface area (Å²) in [5.74, 6) is -0.0556. The third-order valence-electron chi connectivity index (χ3n) is 2.62. The summed E-state index contributed by atoms with van der Waals surface area (Å²) in [6.07, 6.45) is 3.56. The summed E-state index contributed by atoms with van der Waals surface area (Å²) >= 11 is 0. The number of aromatic nitrogens is 1. The molecule has 1 aromatic rings. The van der Waals surface area contributed by atoms with E-state index in [1.807, 2.05) is 0 Å². The molecule has 1 aliphatic heterocycles. The van der Waals surface area contributed by atoms with Gasteiger partial charge < -0.3 is 14.7 Å². The van der Waals surface area contributed by atoms with Gasteiger partial charge in [0.1, 0.15) is 17.5 Å². The summed E-state index contributed by atoms with van der Waals surface area (Å²) in [6, 6.07) is 0.169. The standard InChI is InChI=1S/C10H15N3O2/c1-13(2)10(14)7-6-15-12-9(7)8-4-3-5-11-8/h6,8,11H,3-5H2,1-2H3. The molecule has 0 spiro atoms. The van der Waals surface area contributed by atoms with Crippen LogP contribution in [-0.2, 0) is 0 Å². The van der Waals surface area contributed by atoms with Crippen LogP contribution in [0.15, 0.2) is 10.8 Å². The Kier molecular flexibility index (Phi) is 2.73. The molecule has 2 heterocycles. The molecule has 1 atom stereocenters. The maximum Gasteiger partial charge on any atom is 0.258 e. The number of carbonyl (C=O) groups excluding carboxylic acids is 1. The summed E-state index contributed by atoms with van der Waals surface area (Å²) in [5, 5.41) is 7.22. The van der Waals surface area contributed by atoms with Crippen LogP contribution >= 0.6 is 0 Å². The second-order valence-electron chi connectivity index (χ2n) is 3.96. The lowest BCUT2D eigenvalue weighted by molar-refractivity contribution is 0.0825.